The number of hydrogen-bond donors (Lipinski definition) is 1. The van der Waals surface area contributed by atoms with Gasteiger partial charge in [-0.3, -0.25) is 0 Å². The van der Waals surface area contributed by atoms with Crippen molar-refractivity contribution in [3.63, 3.8) is 0 Å². The molecule has 18 heavy (non-hydrogen) atoms. The van der Waals surface area contributed by atoms with Crippen LogP contribution in [0.1, 0.15) is 12.5 Å². The zero-order valence-corrected chi connectivity index (χ0v) is 11.9. The maximum absolute atomic E-state index is 11.5. The number of benzene rings is 1. The van der Waals surface area contributed by atoms with E-state index < -0.39 is 9.84 Å². The molecule has 1 saturated heterocycles. The van der Waals surface area contributed by atoms with Gasteiger partial charge in [0.2, 0.25) is 0 Å². The molecule has 1 fully saturated rings. The highest BCUT2D eigenvalue weighted by molar-refractivity contribution is 7.90. The summed E-state index contributed by atoms with van der Waals surface area (Å²) in [5.41, 5.74) is 2.16. The van der Waals surface area contributed by atoms with Crippen LogP contribution < -0.4 is 10.2 Å². The van der Waals surface area contributed by atoms with Crippen molar-refractivity contribution >= 4 is 15.5 Å². The Morgan fingerprint density at radius 1 is 1.39 bits per heavy atom. The molecule has 100 valence electrons. The van der Waals surface area contributed by atoms with E-state index in [9.17, 15) is 8.42 Å². The van der Waals surface area contributed by atoms with Crippen molar-refractivity contribution in [3.05, 3.63) is 23.8 Å². The van der Waals surface area contributed by atoms with E-state index in [0.29, 0.717) is 10.9 Å². The quantitative estimate of drug-likeness (QED) is 0.875. The van der Waals surface area contributed by atoms with Gasteiger partial charge in [-0.1, -0.05) is 0 Å². The summed E-state index contributed by atoms with van der Waals surface area (Å²) in [7, 11) is -3.11. The van der Waals surface area contributed by atoms with E-state index in [1.807, 2.05) is 13.0 Å². The van der Waals surface area contributed by atoms with Crippen LogP contribution in [-0.2, 0) is 9.84 Å². The first-order valence-corrected chi connectivity index (χ1v) is 8.06. The lowest BCUT2D eigenvalue weighted by atomic mass is 10.1. The zero-order valence-electron chi connectivity index (χ0n) is 11.1. The molecule has 0 saturated carbocycles. The fraction of sp³-hybridized carbons (Fsp3) is 0.538. The van der Waals surface area contributed by atoms with E-state index in [4.69, 9.17) is 0 Å². The molecule has 0 spiro atoms. The van der Waals surface area contributed by atoms with Crippen LogP contribution in [0.25, 0.3) is 0 Å². The summed E-state index contributed by atoms with van der Waals surface area (Å²) in [5.74, 6) is 0. The number of piperazine rings is 1. The predicted molar refractivity (Wildman–Crippen MR) is 74.0 cm³/mol. The largest absolute Gasteiger partial charge is 0.368 e. The molecule has 1 aromatic rings. The molecule has 0 bridgehead atoms. The molecular formula is C13H20N2O2S. The van der Waals surface area contributed by atoms with Gasteiger partial charge in [-0.2, -0.15) is 0 Å². The summed E-state index contributed by atoms with van der Waals surface area (Å²) in [6.45, 7) is 7.01. The molecule has 1 N–H and O–H groups in total. The predicted octanol–water partition coefficient (Wildman–Crippen LogP) is 1.20. The van der Waals surface area contributed by atoms with Crippen LogP contribution in [-0.4, -0.2) is 40.3 Å². The van der Waals surface area contributed by atoms with Gasteiger partial charge in [-0.05, 0) is 37.6 Å². The monoisotopic (exact) mass is 268 g/mol. The molecular weight excluding hydrogens is 248 g/mol. The Hall–Kier alpha value is -1.07. The number of sulfone groups is 1. The van der Waals surface area contributed by atoms with Gasteiger partial charge in [-0.25, -0.2) is 8.42 Å². The summed E-state index contributed by atoms with van der Waals surface area (Å²) in [4.78, 5) is 2.70. The summed E-state index contributed by atoms with van der Waals surface area (Å²) in [6, 6.07) is 5.85. The fourth-order valence-corrected chi connectivity index (χ4v) is 3.07. The van der Waals surface area contributed by atoms with Crippen LogP contribution in [0.3, 0.4) is 0 Å². The maximum atomic E-state index is 11.5. The molecule has 4 nitrogen and oxygen atoms in total. The second kappa shape index (κ2) is 4.90. The minimum Gasteiger partial charge on any atom is -0.368 e. The Kier molecular flexibility index (Phi) is 3.64. The van der Waals surface area contributed by atoms with Gasteiger partial charge in [0.15, 0.2) is 9.84 Å². The van der Waals surface area contributed by atoms with Crippen LogP contribution in [0.4, 0.5) is 5.69 Å². The summed E-state index contributed by atoms with van der Waals surface area (Å²) in [5, 5.41) is 3.40. The average Bonchev–Trinajstić information content (AvgIpc) is 2.27. The molecule has 1 aliphatic rings. The summed E-state index contributed by atoms with van der Waals surface area (Å²) < 4.78 is 23.0. The van der Waals surface area contributed by atoms with Crippen molar-refractivity contribution in [3.8, 4) is 0 Å². The first-order valence-electron chi connectivity index (χ1n) is 6.17. The topological polar surface area (TPSA) is 49.4 Å². The van der Waals surface area contributed by atoms with Crippen molar-refractivity contribution in [2.24, 2.45) is 0 Å². The highest BCUT2D eigenvalue weighted by atomic mass is 32.2. The lowest BCUT2D eigenvalue weighted by Crippen LogP contribution is -2.49. The number of hydrogen-bond acceptors (Lipinski definition) is 4. The Morgan fingerprint density at radius 2 is 2.11 bits per heavy atom. The van der Waals surface area contributed by atoms with Gasteiger partial charge >= 0.3 is 0 Å². The van der Waals surface area contributed by atoms with Gasteiger partial charge in [-0.15, -0.1) is 0 Å². The maximum Gasteiger partial charge on any atom is 0.175 e. The van der Waals surface area contributed by atoms with Gasteiger partial charge in [0.25, 0.3) is 0 Å². The van der Waals surface area contributed by atoms with Crippen molar-refractivity contribution in [2.45, 2.75) is 24.8 Å². The highest BCUT2D eigenvalue weighted by Gasteiger charge is 2.18. The molecule has 0 amide bonds. The highest BCUT2D eigenvalue weighted by Crippen LogP contribution is 2.24. The average molecular weight is 268 g/mol. The lowest BCUT2D eigenvalue weighted by Gasteiger charge is -2.34. The lowest BCUT2D eigenvalue weighted by molar-refractivity contribution is 0.484. The van der Waals surface area contributed by atoms with Crippen molar-refractivity contribution in [1.29, 1.82) is 0 Å². The van der Waals surface area contributed by atoms with E-state index in [1.54, 1.807) is 12.1 Å². The summed E-state index contributed by atoms with van der Waals surface area (Å²) >= 11 is 0. The van der Waals surface area contributed by atoms with Crippen molar-refractivity contribution in [2.75, 3.05) is 30.8 Å². The van der Waals surface area contributed by atoms with Crippen LogP contribution in [0.2, 0.25) is 0 Å². The van der Waals surface area contributed by atoms with Gasteiger partial charge in [0, 0.05) is 37.6 Å². The molecule has 2 rings (SSSR count). The molecule has 1 atom stereocenters. The number of nitrogens with zero attached hydrogens (tertiary/aromatic N) is 1. The number of nitrogens with one attached hydrogen (secondary N) is 1. The SMILES string of the molecule is Cc1cc(S(C)(=O)=O)ccc1N1CCNC(C)C1. The van der Waals surface area contributed by atoms with E-state index in [-0.39, 0.29) is 0 Å². The first kappa shape index (κ1) is 13.4. The van der Waals surface area contributed by atoms with Gasteiger partial charge in [0.1, 0.15) is 0 Å². The second-order valence-electron chi connectivity index (χ2n) is 5.02. The van der Waals surface area contributed by atoms with E-state index >= 15 is 0 Å². The third-order valence-corrected chi connectivity index (χ3v) is 4.42. The molecule has 1 unspecified atom stereocenters. The minimum absolute atomic E-state index is 0.395. The summed E-state index contributed by atoms with van der Waals surface area (Å²) in [6.07, 6.45) is 1.24. The normalized spacial score (nSPS) is 21.1. The molecule has 0 aliphatic carbocycles. The van der Waals surface area contributed by atoms with Crippen LogP contribution in [0, 0.1) is 6.92 Å². The molecule has 1 heterocycles. The van der Waals surface area contributed by atoms with Crippen LogP contribution >= 0.6 is 0 Å². The second-order valence-corrected chi connectivity index (χ2v) is 7.04. The molecule has 5 heteroatoms. The van der Waals surface area contributed by atoms with Crippen molar-refractivity contribution in [1.82, 2.24) is 5.32 Å². The number of rotatable bonds is 2. The fourth-order valence-electron chi connectivity index (χ4n) is 2.36. The smallest absolute Gasteiger partial charge is 0.175 e. The van der Waals surface area contributed by atoms with Crippen molar-refractivity contribution < 1.29 is 8.42 Å². The Balaban J connectivity index is 2.30. The number of anilines is 1. The third-order valence-electron chi connectivity index (χ3n) is 3.31. The Labute approximate surface area is 109 Å². The van der Waals surface area contributed by atoms with Gasteiger partial charge in [0.05, 0.1) is 4.90 Å². The van der Waals surface area contributed by atoms with Crippen LogP contribution in [0.5, 0.6) is 0 Å². The zero-order chi connectivity index (χ0) is 13.3. The Morgan fingerprint density at radius 3 is 2.67 bits per heavy atom. The first-order chi connectivity index (χ1) is 8.38. The van der Waals surface area contributed by atoms with Gasteiger partial charge < -0.3 is 10.2 Å². The Bertz CT molecular complexity index is 540. The van der Waals surface area contributed by atoms with Crippen LogP contribution in [0.15, 0.2) is 23.1 Å². The minimum atomic E-state index is -3.11. The molecule has 1 aromatic carbocycles. The molecule has 1 aliphatic heterocycles. The molecule has 0 aromatic heterocycles. The van der Waals surface area contributed by atoms with E-state index in [2.05, 4.69) is 17.1 Å². The number of aryl methyl sites for hydroxylation is 1. The standard InChI is InChI=1S/C13H20N2O2S/c1-10-8-12(18(3,16)17)4-5-13(10)15-7-6-14-11(2)9-15/h4-5,8,11,14H,6-7,9H2,1-3H3. The third kappa shape index (κ3) is 2.84. The van der Waals surface area contributed by atoms with E-state index in [1.165, 1.54) is 6.26 Å². The van der Waals surface area contributed by atoms with E-state index in [0.717, 1.165) is 30.9 Å². The molecule has 0 radical (unpaired) electrons.